The Morgan fingerprint density at radius 2 is 1.67 bits per heavy atom. The van der Waals surface area contributed by atoms with E-state index in [0.717, 1.165) is 0 Å². The van der Waals surface area contributed by atoms with Crippen LogP contribution in [0.15, 0.2) is 0 Å². The molecule has 6 heavy (non-hydrogen) atoms. The average molecular weight is 86.1 g/mol. The van der Waals surface area contributed by atoms with E-state index in [1.54, 1.807) is 0 Å². The van der Waals surface area contributed by atoms with Crippen molar-refractivity contribution >= 4 is 24.2 Å². The van der Waals surface area contributed by atoms with Crippen molar-refractivity contribution in [1.29, 1.82) is 0 Å². The SMILES string of the molecule is [Li][SiH](C#C)C#C. The van der Waals surface area contributed by atoms with Crippen LogP contribution in [0.2, 0.25) is 0 Å². The van der Waals surface area contributed by atoms with Crippen LogP contribution in [-0.4, -0.2) is 24.2 Å². The van der Waals surface area contributed by atoms with Crippen LogP contribution in [-0.2, 0) is 0 Å². The molecule has 0 aliphatic carbocycles. The first-order valence-corrected chi connectivity index (χ1v) is 4.04. The van der Waals surface area contributed by atoms with Crippen LogP contribution in [0.5, 0.6) is 0 Å². The molecule has 0 atom stereocenters. The Balaban J connectivity index is 3.40. The Labute approximate surface area is 48.5 Å². The molecular formula is C4H3LiSi. The van der Waals surface area contributed by atoms with Gasteiger partial charge in [0, 0.05) is 0 Å². The van der Waals surface area contributed by atoms with Crippen molar-refractivity contribution in [2.45, 2.75) is 0 Å². The van der Waals surface area contributed by atoms with Crippen molar-refractivity contribution in [2.75, 3.05) is 0 Å². The van der Waals surface area contributed by atoms with Gasteiger partial charge in [-0.3, -0.25) is 0 Å². The van der Waals surface area contributed by atoms with Crippen molar-refractivity contribution in [2.24, 2.45) is 0 Å². The van der Waals surface area contributed by atoms with Crippen LogP contribution < -0.4 is 0 Å². The summed E-state index contributed by atoms with van der Waals surface area (Å²) in [6, 6.07) is 0. The van der Waals surface area contributed by atoms with E-state index in [0.29, 0.717) is 0 Å². The Hall–Kier alpha value is -0.0657. The van der Waals surface area contributed by atoms with E-state index in [-0.39, 0.29) is 0 Å². The molecule has 0 N–H and O–H groups in total. The second-order valence-electron chi connectivity index (χ2n) is 1.06. The van der Waals surface area contributed by atoms with Crippen LogP contribution in [0.1, 0.15) is 0 Å². The van der Waals surface area contributed by atoms with Gasteiger partial charge in [-0.15, -0.1) is 0 Å². The molecule has 0 rings (SSSR count). The van der Waals surface area contributed by atoms with Crippen molar-refractivity contribution in [3.05, 3.63) is 0 Å². The first kappa shape index (κ1) is 5.93. The molecule has 0 unspecified atom stereocenters. The quantitative estimate of drug-likeness (QED) is 0.268. The normalized spacial score (nSPS) is 6.83. The van der Waals surface area contributed by atoms with Gasteiger partial charge in [0.05, 0.1) is 0 Å². The zero-order chi connectivity index (χ0) is 4.99. The third-order valence-electron chi connectivity index (χ3n) is 0.500. The van der Waals surface area contributed by atoms with Gasteiger partial charge in [-0.2, -0.15) is 0 Å². The summed E-state index contributed by atoms with van der Waals surface area (Å²) in [5, 5.41) is 0. The molecule has 24 valence electrons. The van der Waals surface area contributed by atoms with Crippen molar-refractivity contribution in [3.8, 4) is 23.9 Å². The van der Waals surface area contributed by atoms with E-state index in [1.807, 2.05) is 17.0 Å². The summed E-state index contributed by atoms with van der Waals surface area (Å²) in [4.78, 5) is 0. The topological polar surface area (TPSA) is 0 Å². The maximum absolute atomic E-state index is 4.95. The minimum absolute atomic E-state index is 1.10. The molecule has 0 nitrogen and oxygen atoms in total. The van der Waals surface area contributed by atoms with Gasteiger partial charge in [0.1, 0.15) is 0 Å². The summed E-state index contributed by atoms with van der Waals surface area (Å²) >= 11 is 1.94. The number of rotatable bonds is 0. The molecule has 0 saturated heterocycles. The molecule has 0 spiro atoms. The third kappa shape index (κ3) is 2.19. The molecule has 0 bridgehead atoms. The molecule has 0 saturated carbocycles. The van der Waals surface area contributed by atoms with Gasteiger partial charge < -0.3 is 0 Å². The second kappa shape index (κ2) is 3.14. The van der Waals surface area contributed by atoms with Crippen LogP contribution in [0.4, 0.5) is 0 Å². The molecule has 0 aromatic heterocycles. The first-order chi connectivity index (χ1) is 2.81. The van der Waals surface area contributed by atoms with E-state index >= 15 is 0 Å². The monoisotopic (exact) mass is 86.0 g/mol. The molecule has 0 amide bonds. The number of hydrogen-bond donors (Lipinski definition) is 0. The number of terminal acetylenes is 2. The molecule has 0 radical (unpaired) electrons. The minimum atomic E-state index is -1.10. The predicted octanol–water partition coefficient (Wildman–Crippen LogP) is -0.776. The van der Waals surface area contributed by atoms with Crippen molar-refractivity contribution < 1.29 is 0 Å². The third-order valence-corrected chi connectivity index (χ3v) is 1.50. The van der Waals surface area contributed by atoms with E-state index < -0.39 is 7.12 Å². The summed E-state index contributed by atoms with van der Waals surface area (Å²) in [6.45, 7) is 0. The molecule has 0 aromatic carbocycles. The first-order valence-electron chi connectivity index (χ1n) is 1.73. The summed E-state index contributed by atoms with van der Waals surface area (Å²) in [6.07, 6.45) is 9.90. The zero-order valence-corrected chi connectivity index (χ0v) is 4.89. The summed E-state index contributed by atoms with van der Waals surface area (Å²) in [5.41, 5.74) is 5.03. The predicted molar refractivity (Wildman–Crippen MR) is 30.6 cm³/mol. The molecule has 0 aliphatic heterocycles. The average Bonchev–Trinajstić information content (AvgIpc) is 1.65. The Bertz CT molecular complexity index is 91.7. The van der Waals surface area contributed by atoms with Gasteiger partial charge in [-0.1, -0.05) is 0 Å². The Morgan fingerprint density at radius 3 is 1.67 bits per heavy atom. The molecule has 0 fully saturated rings. The van der Waals surface area contributed by atoms with Gasteiger partial charge in [-0.05, 0) is 0 Å². The zero-order valence-electron chi connectivity index (χ0n) is 3.73. The maximum atomic E-state index is 4.95. The van der Waals surface area contributed by atoms with Gasteiger partial charge in [-0.25, -0.2) is 0 Å². The molecular weight excluding hydrogens is 83.1 g/mol. The van der Waals surface area contributed by atoms with Crippen LogP contribution >= 0.6 is 0 Å². The van der Waals surface area contributed by atoms with E-state index in [4.69, 9.17) is 12.8 Å². The fraction of sp³-hybridized carbons (Fsp3) is 0. The van der Waals surface area contributed by atoms with Crippen LogP contribution in [0.3, 0.4) is 0 Å². The van der Waals surface area contributed by atoms with E-state index in [9.17, 15) is 0 Å². The van der Waals surface area contributed by atoms with Gasteiger partial charge in [0.25, 0.3) is 0 Å². The molecule has 0 heterocycles. The molecule has 0 aromatic rings. The number of hydrogen-bond acceptors (Lipinski definition) is 0. The fourth-order valence-electron chi connectivity index (χ4n) is 0.0481. The second-order valence-corrected chi connectivity index (χ2v) is 3.17. The summed E-state index contributed by atoms with van der Waals surface area (Å²) in [5.74, 6) is 0. The fourth-order valence-corrected chi connectivity index (χ4v) is 0.144. The Kier molecular flexibility index (Phi) is 3.10. The van der Waals surface area contributed by atoms with E-state index in [2.05, 4.69) is 11.1 Å². The summed E-state index contributed by atoms with van der Waals surface area (Å²) in [7, 11) is -1.10. The van der Waals surface area contributed by atoms with Gasteiger partial charge in [0.2, 0.25) is 0 Å². The van der Waals surface area contributed by atoms with Crippen molar-refractivity contribution in [1.82, 2.24) is 0 Å². The molecule has 0 aliphatic rings. The van der Waals surface area contributed by atoms with Crippen molar-refractivity contribution in [3.63, 3.8) is 0 Å². The van der Waals surface area contributed by atoms with E-state index in [1.165, 1.54) is 0 Å². The summed E-state index contributed by atoms with van der Waals surface area (Å²) < 4.78 is 0. The van der Waals surface area contributed by atoms with Gasteiger partial charge in [0.15, 0.2) is 0 Å². The van der Waals surface area contributed by atoms with Crippen LogP contribution in [0.25, 0.3) is 0 Å². The van der Waals surface area contributed by atoms with Crippen LogP contribution in [0, 0.1) is 23.9 Å². The van der Waals surface area contributed by atoms with Gasteiger partial charge >= 0.3 is 48.1 Å². The standard InChI is InChI=1S/C4H3Si.Li/c1-3-5-4-2;/h1-2,5H;. The Morgan fingerprint density at radius 1 is 1.33 bits per heavy atom. The molecule has 2 heteroatoms.